The van der Waals surface area contributed by atoms with Gasteiger partial charge in [0.25, 0.3) is 0 Å². The normalized spacial score (nSPS) is 19.0. The summed E-state index contributed by atoms with van der Waals surface area (Å²) in [5, 5.41) is 5.87. The highest BCUT2D eigenvalue weighted by Gasteiger charge is 2.30. The fraction of sp³-hybridized carbons (Fsp3) is 0.375. The average Bonchev–Trinajstić information content (AvgIpc) is 3.05. The van der Waals surface area contributed by atoms with E-state index in [9.17, 15) is 0 Å². The molecule has 2 heterocycles. The molecule has 1 nitrogen and oxygen atoms in total. The Labute approximate surface area is 137 Å². The first-order chi connectivity index (χ1) is 9.79. The van der Waals surface area contributed by atoms with E-state index in [0.29, 0.717) is 12.0 Å². The molecule has 1 aliphatic rings. The van der Waals surface area contributed by atoms with Crippen molar-refractivity contribution in [2.45, 2.75) is 30.2 Å². The smallest absolute Gasteiger partial charge is 0.0314 e. The number of thiophene rings is 1. The van der Waals surface area contributed by atoms with Gasteiger partial charge in [0.2, 0.25) is 0 Å². The number of likely N-dealkylation sites (N-methyl/N-ethyl adjacent to an activating group) is 1. The van der Waals surface area contributed by atoms with E-state index in [1.165, 1.54) is 25.6 Å². The first-order valence-electron chi connectivity index (χ1n) is 6.96. The van der Waals surface area contributed by atoms with Crippen LogP contribution in [0, 0.1) is 0 Å². The SMILES string of the molecule is CCNC(Cc1sccc1Br)C1CSc2ccccc21. The monoisotopic (exact) mass is 367 g/mol. The molecular weight excluding hydrogens is 350 g/mol. The van der Waals surface area contributed by atoms with Crippen LogP contribution in [-0.2, 0) is 6.42 Å². The van der Waals surface area contributed by atoms with Crippen LogP contribution in [0.4, 0.5) is 0 Å². The van der Waals surface area contributed by atoms with Crippen LogP contribution >= 0.6 is 39.0 Å². The number of hydrogen-bond acceptors (Lipinski definition) is 3. The molecule has 4 heteroatoms. The van der Waals surface area contributed by atoms with E-state index < -0.39 is 0 Å². The predicted octanol–water partition coefficient (Wildman–Crippen LogP) is 4.92. The van der Waals surface area contributed by atoms with Crippen LogP contribution in [0.25, 0.3) is 0 Å². The highest BCUT2D eigenvalue weighted by atomic mass is 79.9. The molecule has 0 radical (unpaired) electrons. The van der Waals surface area contributed by atoms with E-state index in [1.54, 1.807) is 0 Å². The lowest BCUT2D eigenvalue weighted by molar-refractivity contribution is 0.465. The number of benzene rings is 1. The lowest BCUT2D eigenvalue weighted by atomic mass is 9.91. The molecule has 0 spiro atoms. The van der Waals surface area contributed by atoms with Crippen molar-refractivity contribution in [2.24, 2.45) is 0 Å². The minimum atomic E-state index is 0.520. The third-order valence-electron chi connectivity index (χ3n) is 3.79. The third kappa shape index (κ3) is 2.98. The van der Waals surface area contributed by atoms with Crippen LogP contribution in [0.2, 0.25) is 0 Å². The largest absolute Gasteiger partial charge is 0.313 e. The van der Waals surface area contributed by atoms with Crippen LogP contribution < -0.4 is 5.32 Å². The van der Waals surface area contributed by atoms with Crippen molar-refractivity contribution in [1.29, 1.82) is 0 Å². The van der Waals surface area contributed by atoms with Gasteiger partial charge < -0.3 is 5.32 Å². The number of fused-ring (bicyclic) bond motifs is 1. The van der Waals surface area contributed by atoms with Gasteiger partial charge in [0.1, 0.15) is 0 Å². The molecule has 0 saturated carbocycles. The van der Waals surface area contributed by atoms with E-state index in [1.807, 2.05) is 23.1 Å². The van der Waals surface area contributed by atoms with E-state index in [4.69, 9.17) is 0 Å². The number of rotatable bonds is 5. The molecule has 0 bridgehead atoms. The Hall–Kier alpha value is -0.290. The van der Waals surface area contributed by atoms with Gasteiger partial charge >= 0.3 is 0 Å². The van der Waals surface area contributed by atoms with Gasteiger partial charge in [-0.15, -0.1) is 23.1 Å². The molecular formula is C16H18BrNS2. The van der Waals surface area contributed by atoms with Crippen LogP contribution in [0.5, 0.6) is 0 Å². The fourth-order valence-electron chi connectivity index (χ4n) is 2.81. The number of nitrogens with one attached hydrogen (secondary N) is 1. The molecule has 20 heavy (non-hydrogen) atoms. The molecule has 2 aromatic rings. The van der Waals surface area contributed by atoms with E-state index in [2.05, 4.69) is 63.9 Å². The van der Waals surface area contributed by atoms with Gasteiger partial charge in [-0.2, -0.15) is 0 Å². The van der Waals surface area contributed by atoms with Crippen LogP contribution in [0.1, 0.15) is 23.3 Å². The van der Waals surface area contributed by atoms with E-state index >= 15 is 0 Å². The molecule has 1 aromatic heterocycles. The minimum Gasteiger partial charge on any atom is -0.313 e. The molecule has 2 unspecified atom stereocenters. The second-order valence-electron chi connectivity index (χ2n) is 5.02. The lowest BCUT2D eigenvalue weighted by Crippen LogP contribution is -2.36. The van der Waals surface area contributed by atoms with Crippen LogP contribution in [0.15, 0.2) is 45.1 Å². The summed E-state index contributed by atoms with van der Waals surface area (Å²) >= 11 is 7.51. The number of halogens is 1. The summed E-state index contributed by atoms with van der Waals surface area (Å²) in [7, 11) is 0. The molecule has 1 N–H and O–H groups in total. The molecule has 3 rings (SSSR count). The van der Waals surface area contributed by atoms with Crippen molar-refractivity contribution in [3.8, 4) is 0 Å². The molecule has 0 fully saturated rings. The topological polar surface area (TPSA) is 12.0 Å². The Morgan fingerprint density at radius 1 is 1.35 bits per heavy atom. The average molecular weight is 368 g/mol. The van der Waals surface area contributed by atoms with E-state index in [-0.39, 0.29) is 0 Å². The summed E-state index contributed by atoms with van der Waals surface area (Å²) < 4.78 is 1.25. The second kappa shape index (κ2) is 6.65. The van der Waals surface area contributed by atoms with Crippen molar-refractivity contribution in [2.75, 3.05) is 12.3 Å². The summed E-state index contributed by atoms with van der Waals surface area (Å²) in [6.45, 7) is 3.22. The van der Waals surface area contributed by atoms with Crippen molar-refractivity contribution in [1.82, 2.24) is 5.32 Å². The Morgan fingerprint density at radius 3 is 2.95 bits per heavy atom. The zero-order valence-corrected chi connectivity index (χ0v) is 14.7. The molecule has 2 atom stereocenters. The zero-order valence-electron chi connectivity index (χ0n) is 11.4. The summed E-state index contributed by atoms with van der Waals surface area (Å²) in [6, 6.07) is 11.5. The standard InChI is InChI=1S/C16H18BrNS2/c1-2-18-14(9-16-13(17)7-8-19-16)12-10-20-15-6-4-3-5-11(12)15/h3-8,12,14,18H,2,9-10H2,1H3. The summed E-state index contributed by atoms with van der Waals surface area (Å²) in [6.07, 6.45) is 1.10. The molecule has 1 aromatic carbocycles. The summed E-state index contributed by atoms with van der Waals surface area (Å²) in [5.74, 6) is 1.81. The van der Waals surface area contributed by atoms with Gasteiger partial charge in [-0.05, 0) is 52.0 Å². The van der Waals surface area contributed by atoms with Crippen LogP contribution in [0.3, 0.4) is 0 Å². The molecule has 0 amide bonds. The Morgan fingerprint density at radius 2 is 2.20 bits per heavy atom. The Kier molecular flexibility index (Phi) is 4.87. The molecule has 1 aliphatic heterocycles. The van der Waals surface area contributed by atoms with Gasteiger partial charge in [0.05, 0.1) is 0 Å². The highest BCUT2D eigenvalue weighted by molar-refractivity contribution is 9.10. The van der Waals surface area contributed by atoms with Gasteiger partial charge in [-0.3, -0.25) is 0 Å². The maximum absolute atomic E-state index is 3.70. The maximum Gasteiger partial charge on any atom is 0.0314 e. The quantitative estimate of drug-likeness (QED) is 0.804. The number of hydrogen-bond donors (Lipinski definition) is 1. The predicted molar refractivity (Wildman–Crippen MR) is 93.1 cm³/mol. The van der Waals surface area contributed by atoms with Gasteiger partial charge in [0, 0.05) is 32.0 Å². The lowest BCUT2D eigenvalue weighted by Gasteiger charge is -2.24. The minimum absolute atomic E-state index is 0.520. The zero-order chi connectivity index (χ0) is 13.9. The first kappa shape index (κ1) is 14.6. The molecule has 0 aliphatic carbocycles. The van der Waals surface area contributed by atoms with Crippen molar-refractivity contribution in [3.05, 3.63) is 50.6 Å². The highest BCUT2D eigenvalue weighted by Crippen LogP contribution is 2.42. The Bertz CT molecular complexity index is 581. The molecule has 106 valence electrons. The van der Waals surface area contributed by atoms with Gasteiger partial charge in [-0.25, -0.2) is 0 Å². The van der Waals surface area contributed by atoms with Crippen molar-refractivity contribution >= 4 is 39.0 Å². The summed E-state index contributed by atoms with van der Waals surface area (Å²) in [5.41, 5.74) is 1.52. The summed E-state index contributed by atoms with van der Waals surface area (Å²) in [4.78, 5) is 2.91. The van der Waals surface area contributed by atoms with Crippen molar-refractivity contribution in [3.63, 3.8) is 0 Å². The van der Waals surface area contributed by atoms with Gasteiger partial charge in [-0.1, -0.05) is 25.1 Å². The van der Waals surface area contributed by atoms with Crippen LogP contribution in [-0.4, -0.2) is 18.3 Å². The van der Waals surface area contributed by atoms with Crippen molar-refractivity contribution < 1.29 is 0 Å². The van der Waals surface area contributed by atoms with Gasteiger partial charge in [0.15, 0.2) is 0 Å². The maximum atomic E-state index is 3.70. The third-order valence-corrected chi connectivity index (χ3v) is 6.94. The Balaban J connectivity index is 1.83. The first-order valence-corrected chi connectivity index (χ1v) is 9.62. The number of thioether (sulfide) groups is 1. The second-order valence-corrected chi connectivity index (χ2v) is 7.93. The van der Waals surface area contributed by atoms with E-state index in [0.717, 1.165) is 13.0 Å². The fourth-order valence-corrected chi connectivity index (χ4v) is 5.72. The molecule has 0 saturated heterocycles.